The molecule has 1 heterocycles. The monoisotopic (exact) mass is 262 g/mol. The zero-order valence-electron chi connectivity index (χ0n) is 9.98. The van der Waals surface area contributed by atoms with Crippen LogP contribution in [0.4, 0.5) is 0 Å². The first kappa shape index (κ1) is 12.5. The number of nitrogens with zero attached hydrogens (tertiary/aromatic N) is 2. The first-order chi connectivity index (χ1) is 8.63. The maximum Gasteiger partial charge on any atom is 0.341 e. The van der Waals surface area contributed by atoms with Crippen molar-refractivity contribution in [3.8, 4) is 11.3 Å². The van der Waals surface area contributed by atoms with Crippen molar-refractivity contribution in [3.63, 3.8) is 0 Å². The zero-order chi connectivity index (χ0) is 13.1. The molecule has 0 saturated carbocycles. The number of halogens is 1. The van der Waals surface area contributed by atoms with Gasteiger partial charge in [-0.3, -0.25) is 0 Å². The molecule has 0 aliphatic carbocycles. The van der Waals surface area contributed by atoms with Gasteiger partial charge >= 0.3 is 5.97 Å². The van der Waals surface area contributed by atoms with Crippen molar-refractivity contribution in [1.82, 2.24) is 9.97 Å². The number of hydrogen-bond donors (Lipinski definition) is 0. The molecule has 2 aromatic rings. The molecule has 5 heteroatoms. The summed E-state index contributed by atoms with van der Waals surface area (Å²) in [6.45, 7) is 1.74. The minimum Gasteiger partial charge on any atom is -0.465 e. The Bertz CT molecular complexity index is 582. The van der Waals surface area contributed by atoms with E-state index in [2.05, 4.69) is 9.97 Å². The first-order valence-corrected chi connectivity index (χ1v) is 5.67. The van der Waals surface area contributed by atoms with E-state index in [9.17, 15) is 4.79 Å². The third kappa shape index (κ3) is 2.33. The molecule has 0 fully saturated rings. The molecule has 0 unspecified atom stereocenters. The molecule has 0 radical (unpaired) electrons. The fraction of sp³-hybridized carbons (Fsp3) is 0.154. The van der Waals surface area contributed by atoms with Gasteiger partial charge in [-0.2, -0.15) is 0 Å². The number of rotatable bonds is 2. The van der Waals surface area contributed by atoms with E-state index in [1.54, 1.807) is 31.2 Å². The maximum atomic E-state index is 11.8. The Hall–Kier alpha value is -1.94. The Balaban J connectivity index is 2.60. The van der Waals surface area contributed by atoms with Gasteiger partial charge in [-0.05, 0) is 19.1 Å². The highest BCUT2D eigenvalue weighted by atomic mass is 35.5. The molecule has 18 heavy (non-hydrogen) atoms. The predicted molar refractivity (Wildman–Crippen MR) is 68.6 cm³/mol. The number of esters is 1. The fourth-order valence-corrected chi connectivity index (χ4v) is 1.77. The average Bonchev–Trinajstić information content (AvgIpc) is 2.38. The number of methoxy groups -OCH3 is 1. The Morgan fingerprint density at radius 2 is 1.89 bits per heavy atom. The summed E-state index contributed by atoms with van der Waals surface area (Å²) in [5, 5.41) is 0.629. The first-order valence-electron chi connectivity index (χ1n) is 5.29. The van der Waals surface area contributed by atoms with Crippen molar-refractivity contribution in [3.05, 3.63) is 46.9 Å². The standard InChI is InChI=1S/C13H11ClN2O2/c1-8-11(13(17)18-2)12(16-7-15-8)9-3-5-10(14)6-4-9/h3-7H,1-2H3. The van der Waals surface area contributed by atoms with Gasteiger partial charge in [0.2, 0.25) is 0 Å². The molecule has 0 aliphatic rings. The van der Waals surface area contributed by atoms with Gasteiger partial charge in [0.15, 0.2) is 0 Å². The summed E-state index contributed by atoms with van der Waals surface area (Å²) in [6.07, 6.45) is 1.42. The number of aryl methyl sites for hydroxylation is 1. The van der Waals surface area contributed by atoms with E-state index < -0.39 is 5.97 Å². The molecule has 1 aromatic heterocycles. The van der Waals surface area contributed by atoms with Gasteiger partial charge in [0.05, 0.1) is 18.5 Å². The lowest BCUT2D eigenvalue weighted by Crippen LogP contribution is -2.09. The van der Waals surface area contributed by atoms with Crippen molar-refractivity contribution in [2.75, 3.05) is 7.11 Å². The summed E-state index contributed by atoms with van der Waals surface area (Å²) in [6, 6.07) is 7.10. The summed E-state index contributed by atoms with van der Waals surface area (Å²) in [5.74, 6) is -0.446. The Kier molecular flexibility index (Phi) is 3.58. The minimum atomic E-state index is -0.446. The topological polar surface area (TPSA) is 52.1 Å². The lowest BCUT2D eigenvalue weighted by molar-refractivity contribution is 0.0600. The van der Waals surface area contributed by atoms with E-state index in [4.69, 9.17) is 16.3 Å². The lowest BCUT2D eigenvalue weighted by Gasteiger charge is -2.08. The lowest BCUT2D eigenvalue weighted by atomic mass is 10.0. The summed E-state index contributed by atoms with van der Waals surface area (Å²) in [4.78, 5) is 19.9. The highest BCUT2D eigenvalue weighted by Crippen LogP contribution is 2.24. The molecule has 1 aromatic carbocycles. The summed E-state index contributed by atoms with van der Waals surface area (Å²) < 4.78 is 4.76. The third-order valence-corrected chi connectivity index (χ3v) is 2.80. The van der Waals surface area contributed by atoms with Crippen LogP contribution < -0.4 is 0 Å². The smallest absolute Gasteiger partial charge is 0.341 e. The third-order valence-electron chi connectivity index (χ3n) is 2.54. The van der Waals surface area contributed by atoms with Crippen LogP contribution in [0.2, 0.25) is 5.02 Å². The molecule has 4 nitrogen and oxygen atoms in total. The molecule has 92 valence electrons. The summed E-state index contributed by atoms with van der Waals surface area (Å²) in [7, 11) is 1.33. The highest BCUT2D eigenvalue weighted by Gasteiger charge is 2.18. The van der Waals surface area contributed by atoms with Crippen LogP contribution in [0.15, 0.2) is 30.6 Å². The quantitative estimate of drug-likeness (QED) is 0.781. The van der Waals surface area contributed by atoms with Crippen molar-refractivity contribution in [2.45, 2.75) is 6.92 Å². The van der Waals surface area contributed by atoms with Crippen LogP contribution in [0.1, 0.15) is 16.1 Å². The van der Waals surface area contributed by atoms with E-state index in [0.29, 0.717) is 22.0 Å². The van der Waals surface area contributed by atoms with E-state index in [-0.39, 0.29) is 0 Å². The van der Waals surface area contributed by atoms with Gasteiger partial charge in [0.1, 0.15) is 11.9 Å². The van der Waals surface area contributed by atoms with Gasteiger partial charge in [0.25, 0.3) is 0 Å². The van der Waals surface area contributed by atoms with Gasteiger partial charge in [-0.25, -0.2) is 14.8 Å². The largest absolute Gasteiger partial charge is 0.465 e. The summed E-state index contributed by atoms with van der Waals surface area (Å²) in [5.41, 5.74) is 2.31. The van der Waals surface area contributed by atoms with Crippen LogP contribution in [-0.2, 0) is 4.74 Å². The van der Waals surface area contributed by atoms with E-state index in [1.165, 1.54) is 13.4 Å². The van der Waals surface area contributed by atoms with Crippen molar-refractivity contribution < 1.29 is 9.53 Å². The molecular formula is C13H11ClN2O2. The van der Waals surface area contributed by atoms with Crippen LogP contribution >= 0.6 is 11.6 Å². The average molecular weight is 263 g/mol. The maximum absolute atomic E-state index is 11.8. The molecule has 2 rings (SSSR count). The van der Waals surface area contributed by atoms with Crippen LogP contribution in [-0.4, -0.2) is 23.0 Å². The van der Waals surface area contributed by atoms with Gasteiger partial charge in [-0.1, -0.05) is 23.7 Å². The van der Waals surface area contributed by atoms with Crippen molar-refractivity contribution in [1.29, 1.82) is 0 Å². The number of hydrogen-bond acceptors (Lipinski definition) is 4. The summed E-state index contributed by atoms with van der Waals surface area (Å²) >= 11 is 5.84. The molecule has 0 spiro atoms. The van der Waals surface area contributed by atoms with Gasteiger partial charge < -0.3 is 4.74 Å². The zero-order valence-corrected chi connectivity index (χ0v) is 10.7. The number of carbonyl (C=O) groups excluding carboxylic acids is 1. The molecular weight excluding hydrogens is 252 g/mol. The van der Waals surface area contributed by atoms with Crippen molar-refractivity contribution >= 4 is 17.6 Å². The SMILES string of the molecule is COC(=O)c1c(C)ncnc1-c1ccc(Cl)cc1. The Labute approximate surface area is 110 Å². The van der Waals surface area contributed by atoms with Crippen LogP contribution in [0.5, 0.6) is 0 Å². The van der Waals surface area contributed by atoms with Crippen LogP contribution in [0.25, 0.3) is 11.3 Å². The number of ether oxygens (including phenoxy) is 1. The van der Waals surface area contributed by atoms with E-state index in [0.717, 1.165) is 5.56 Å². The van der Waals surface area contributed by atoms with E-state index in [1.807, 2.05) is 0 Å². The molecule has 0 N–H and O–H groups in total. The Morgan fingerprint density at radius 3 is 2.50 bits per heavy atom. The fourth-order valence-electron chi connectivity index (χ4n) is 1.65. The van der Waals surface area contributed by atoms with Crippen LogP contribution in [0, 0.1) is 6.92 Å². The van der Waals surface area contributed by atoms with Gasteiger partial charge in [0, 0.05) is 10.6 Å². The second-order valence-electron chi connectivity index (χ2n) is 3.68. The van der Waals surface area contributed by atoms with E-state index >= 15 is 0 Å². The number of carbonyl (C=O) groups is 1. The number of benzene rings is 1. The molecule has 0 bridgehead atoms. The van der Waals surface area contributed by atoms with Crippen LogP contribution in [0.3, 0.4) is 0 Å². The predicted octanol–water partition coefficient (Wildman–Crippen LogP) is 2.89. The Morgan fingerprint density at radius 1 is 1.22 bits per heavy atom. The second kappa shape index (κ2) is 5.14. The minimum absolute atomic E-state index is 0.377. The second-order valence-corrected chi connectivity index (χ2v) is 4.12. The molecule has 0 saturated heterocycles. The molecule has 0 aliphatic heterocycles. The normalized spacial score (nSPS) is 10.2. The molecule has 0 amide bonds. The number of aromatic nitrogens is 2. The van der Waals surface area contributed by atoms with Gasteiger partial charge in [-0.15, -0.1) is 0 Å². The molecule has 0 atom stereocenters. The van der Waals surface area contributed by atoms with Crippen molar-refractivity contribution in [2.24, 2.45) is 0 Å². The highest BCUT2D eigenvalue weighted by molar-refractivity contribution is 6.30.